The number of methoxy groups -OCH3 is 1. The van der Waals surface area contributed by atoms with E-state index in [-0.39, 0.29) is 0 Å². The molecule has 3 aromatic rings. The lowest BCUT2D eigenvalue weighted by atomic mass is 10.1. The molecule has 0 unspecified atom stereocenters. The van der Waals surface area contributed by atoms with Crippen molar-refractivity contribution in [1.29, 1.82) is 0 Å². The highest BCUT2D eigenvalue weighted by Crippen LogP contribution is 2.23. The largest absolute Gasteiger partial charge is 0.496 e. The number of hydrogen-bond acceptors (Lipinski definition) is 5. The van der Waals surface area contributed by atoms with Crippen LogP contribution in [0.15, 0.2) is 60.7 Å². The van der Waals surface area contributed by atoms with Gasteiger partial charge in [0.05, 0.1) is 12.8 Å². The Labute approximate surface area is 141 Å². The molecule has 0 radical (unpaired) electrons. The Bertz CT molecular complexity index is 805. The van der Waals surface area contributed by atoms with Gasteiger partial charge in [-0.15, -0.1) is 0 Å². The molecule has 3 rings (SSSR count). The second-order valence-corrected chi connectivity index (χ2v) is 5.24. The number of benzene rings is 2. The first-order valence-electron chi connectivity index (χ1n) is 7.78. The van der Waals surface area contributed by atoms with Crippen LogP contribution in [-0.2, 0) is 6.54 Å². The third-order valence-electron chi connectivity index (χ3n) is 3.67. The molecule has 0 aliphatic carbocycles. The maximum absolute atomic E-state index is 5.39. The molecule has 5 nitrogen and oxygen atoms in total. The van der Waals surface area contributed by atoms with Crippen molar-refractivity contribution in [2.24, 2.45) is 0 Å². The fourth-order valence-electron chi connectivity index (χ4n) is 2.44. The molecule has 2 aromatic carbocycles. The topological polar surface area (TPSA) is 59.1 Å². The summed E-state index contributed by atoms with van der Waals surface area (Å²) >= 11 is 0. The van der Waals surface area contributed by atoms with Crippen LogP contribution in [0.4, 0.5) is 11.8 Å². The zero-order valence-corrected chi connectivity index (χ0v) is 13.8. The van der Waals surface area contributed by atoms with Crippen LogP contribution < -0.4 is 15.4 Å². The second-order valence-electron chi connectivity index (χ2n) is 5.24. The standard InChI is InChI=1S/C19H20N4O/c1-20-19-22-16(14-8-4-3-5-9-14)12-18(23-19)21-13-15-10-6-7-11-17(15)24-2/h3-12H,13H2,1-2H3,(H2,20,21,22,23). The molecule has 1 heterocycles. The fraction of sp³-hybridized carbons (Fsp3) is 0.158. The zero-order valence-electron chi connectivity index (χ0n) is 13.8. The molecule has 122 valence electrons. The number of nitrogens with zero attached hydrogens (tertiary/aromatic N) is 2. The third kappa shape index (κ3) is 3.63. The number of anilines is 2. The molecule has 5 heteroatoms. The molecule has 1 aromatic heterocycles. The van der Waals surface area contributed by atoms with Gasteiger partial charge in [0.15, 0.2) is 0 Å². The Balaban J connectivity index is 1.85. The summed E-state index contributed by atoms with van der Waals surface area (Å²) < 4.78 is 5.39. The minimum atomic E-state index is 0.582. The van der Waals surface area contributed by atoms with Crippen molar-refractivity contribution in [3.63, 3.8) is 0 Å². The van der Waals surface area contributed by atoms with E-state index in [4.69, 9.17) is 4.74 Å². The Hall–Kier alpha value is -3.08. The predicted molar refractivity (Wildman–Crippen MR) is 97.3 cm³/mol. The SMILES string of the molecule is CNc1nc(NCc2ccccc2OC)cc(-c2ccccc2)n1. The van der Waals surface area contributed by atoms with Gasteiger partial charge in [0.25, 0.3) is 0 Å². The number of rotatable bonds is 6. The van der Waals surface area contributed by atoms with Crippen molar-refractivity contribution in [3.05, 3.63) is 66.2 Å². The second kappa shape index (κ2) is 7.46. The van der Waals surface area contributed by atoms with Crippen LogP contribution in [0.1, 0.15) is 5.56 Å². The summed E-state index contributed by atoms with van der Waals surface area (Å²) in [6.45, 7) is 0.623. The molecule has 0 amide bonds. The zero-order chi connectivity index (χ0) is 16.8. The first-order valence-corrected chi connectivity index (χ1v) is 7.78. The van der Waals surface area contributed by atoms with Gasteiger partial charge in [-0.3, -0.25) is 0 Å². The van der Waals surface area contributed by atoms with E-state index < -0.39 is 0 Å². The van der Waals surface area contributed by atoms with Crippen molar-refractivity contribution in [2.75, 3.05) is 24.8 Å². The summed E-state index contributed by atoms with van der Waals surface area (Å²) in [5.74, 6) is 2.20. The van der Waals surface area contributed by atoms with E-state index in [2.05, 4.69) is 20.6 Å². The van der Waals surface area contributed by atoms with Crippen molar-refractivity contribution < 1.29 is 4.74 Å². The average molecular weight is 320 g/mol. The fourth-order valence-corrected chi connectivity index (χ4v) is 2.44. The highest BCUT2D eigenvalue weighted by molar-refractivity contribution is 5.64. The van der Waals surface area contributed by atoms with E-state index in [0.29, 0.717) is 12.5 Å². The van der Waals surface area contributed by atoms with Gasteiger partial charge in [0.2, 0.25) is 5.95 Å². The van der Waals surface area contributed by atoms with Crippen LogP contribution in [-0.4, -0.2) is 24.1 Å². The van der Waals surface area contributed by atoms with Crippen LogP contribution in [0.25, 0.3) is 11.3 Å². The molecule has 0 saturated heterocycles. The van der Waals surface area contributed by atoms with Gasteiger partial charge >= 0.3 is 0 Å². The lowest BCUT2D eigenvalue weighted by molar-refractivity contribution is 0.410. The molecular formula is C19H20N4O. The molecule has 0 fully saturated rings. The highest BCUT2D eigenvalue weighted by atomic mass is 16.5. The number of ether oxygens (including phenoxy) is 1. The summed E-state index contributed by atoms with van der Waals surface area (Å²) in [4.78, 5) is 9.00. The Morgan fingerprint density at radius 2 is 1.71 bits per heavy atom. The van der Waals surface area contributed by atoms with Crippen molar-refractivity contribution in [2.45, 2.75) is 6.54 Å². The average Bonchev–Trinajstić information content (AvgIpc) is 2.67. The van der Waals surface area contributed by atoms with Crippen LogP contribution in [0.2, 0.25) is 0 Å². The van der Waals surface area contributed by atoms with Crippen molar-refractivity contribution in [1.82, 2.24) is 9.97 Å². The van der Waals surface area contributed by atoms with Crippen molar-refractivity contribution >= 4 is 11.8 Å². The Morgan fingerprint density at radius 3 is 2.46 bits per heavy atom. The first kappa shape index (κ1) is 15.8. The van der Waals surface area contributed by atoms with Crippen LogP contribution in [0.3, 0.4) is 0 Å². The summed E-state index contributed by atoms with van der Waals surface area (Å²) in [6, 6.07) is 19.9. The molecule has 2 N–H and O–H groups in total. The number of hydrogen-bond donors (Lipinski definition) is 2. The molecule has 0 aliphatic heterocycles. The highest BCUT2D eigenvalue weighted by Gasteiger charge is 2.07. The maximum atomic E-state index is 5.39. The molecule has 0 atom stereocenters. The van der Waals surface area contributed by atoms with E-state index >= 15 is 0 Å². The molecule has 0 spiro atoms. The lowest BCUT2D eigenvalue weighted by Gasteiger charge is -2.12. The maximum Gasteiger partial charge on any atom is 0.224 e. The van der Waals surface area contributed by atoms with Gasteiger partial charge in [-0.05, 0) is 6.07 Å². The molecular weight excluding hydrogens is 300 g/mol. The summed E-state index contributed by atoms with van der Waals surface area (Å²) in [6.07, 6.45) is 0. The smallest absolute Gasteiger partial charge is 0.224 e. The lowest BCUT2D eigenvalue weighted by Crippen LogP contribution is -2.06. The summed E-state index contributed by atoms with van der Waals surface area (Å²) in [5.41, 5.74) is 3.00. The number of aromatic nitrogens is 2. The monoisotopic (exact) mass is 320 g/mol. The van der Waals surface area contributed by atoms with E-state index in [1.54, 1.807) is 7.11 Å². The van der Waals surface area contributed by atoms with E-state index in [9.17, 15) is 0 Å². The normalized spacial score (nSPS) is 10.2. The third-order valence-corrected chi connectivity index (χ3v) is 3.67. The quantitative estimate of drug-likeness (QED) is 0.723. The molecule has 0 aliphatic rings. The van der Waals surface area contributed by atoms with Gasteiger partial charge < -0.3 is 15.4 Å². The van der Waals surface area contributed by atoms with Gasteiger partial charge in [-0.25, -0.2) is 4.98 Å². The van der Waals surface area contributed by atoms with Gasteiger partial charge in [-0.2, -0.15) is 4.98 Å². The van der Waals surface area contributed by atoms with E-state index in [1.807, 2.05) is 67.7 Å². The minimum absolute atomic E-state index is 0.582. The van der Waals surface area contributed by atoms with Gasteiger partial charge in [0, 0.05) is 30.8 Å². The van der Waals surface area contributed by atoms with Gasteiger partial charge in [0.1, 0.15) is 11.6 Å². The molecule has 0 saturated carbocycles. The van der Waals surface area contributed by atoms with E-state index in [1.165, 1.54) is 0 Å². The van der Waals surface area contributed by atoms with Crippen LogP contribution in [0.5, 0.6) is 5.75 Å². The Morgan fingerprint density at radius 1 is 0.958 bits per heavy atom. The summed E-state index contributed by atoms with van der Waals surface area (Å²) in [7, 11) is 3.49. The molecule has 0 bridgehead atoms. The summed E-state index contributed by atoms with van der Waals surface area (Å²) in [5, 5.41) is 6.36. The van der Waals surface area contributed by atoms with E-state index in [0.717, 1.165) is 28.4 Å². The van der Waals surface area contributed by atoms with Gasteiger partial charge in [-0.1, -0.05) is 48.5 Å². The minimum Gasteiger partial charge on any atom is -0.496 e. The predicted octanol–water partition coefficient (Wildman–Crippen LogP) is 3.81. The van der Waals surface area contributed by atoms with Crippen LogP contribution >= 0.6 is 0 Å². The van der Waals surface area contributed by atoms with Crippen LogP contribution in [0, 0.1) is 0 Å². The molecule has 24 heavy (non-hydrogen) atoms. The van der Waals surface area contributed by atoms with Crippen molar-refractivity contribution in [3.8, 4) is 17.0 Å². The number of nitrogens with one attached hydrogen (secondary N) is 2. The number of para-hydroxylation sites is 1. The first-order chi connectivity index (χ1) is 11.8. The Kier molecular flexibility index (Phi) is 4.91.